The van der Waals surface area contributed by atoms with Crippen molar-refractivity contribution in [3.05, 3.63) is 47.3 Å². The first-order valence-electron chi connectivity index (χ1n) is 8.96. The van der Waals surface area contributed by atoms with E-state index in [2.05, 4.69) is 0 Å². The molecule has 27 heavy (non-hydrogen) atoms. The van der Waals surface area contributed by atoms with Crippen molar-refractivity contribution in [2.75, 3.05) is 25.9 Å². The van der Waals surface area contributed by atoms with E-state index in [0.29, 0.717) is 24.3 Å². The Hall–Kier alpha value is -3.27. The summed E-state index contributed by atoms with van der Waals surface area (Å²) in [6.07, 6.45) is 5.68. The Balaban J connectivity index is 2.10. The molecule has 2 aromatic rings. The minimum absolute atomic E-state index is 0.0429. The Labute approximate surface area is 157 Å². The lowest BCUT2D eigenvalue weighted by atomic mass is 10.1. The molecule has 1 aromatic carbocycles. The summed E-state index contributed by atoms with van der Waals surface area (Å²) >= 11 is 0. The van der Waals surface area contributed by atoms with E-state index in [4.69, 9.17) is 10.5 Å². The number of nitrogens with two attached hydrogens (primary N) is 1. The van der Waals surface area contributed by atoms with Gasteiger partial charge in [0.2, 0.25) is 0 Å². The number of ether oxygens (including phenoxy) is 1. The molecule has 7 nitrogen and oxygen atoms in total. The minimum atomic E-state index is -0.661. The summed E-state index contributed by atoms with van der Waals surface area (Å²) in [5.41, 5.74) is 7.19. The Kier molecular flexibility index (Phi) is 5.46. The second-order valence-corrected chi connectivity index (χ2v) is 6.50. The molecule has 2 heterocycles. The van der Waals surface area contributed by atoms with Crippen molar-refractivity contribution in [3.8, 4) is 11.8 Å². The maximum atomic E-state index is 13.2. The molecule has 0 unspecified atom stereocenters. The van der Waals surface area contributed by atoms with Crippen LogP contribution in [0.4, 0.5) is 5.69 Å². The molecule has 0 aliphatic carbocycles. The number of methoxy groups -OCH3 is 1. The highest BCUT2D eigenvalue weighted by Gasteiger charge is 2.26. The number of nitriles is 1. The number of amides is 1. The molecule has 3 rings (SSSR count). The van der Waals surface area contributed by atoms with Gasteiger partial charge in [-0.2, -0.15) is 5.26 Å². The van der Waals surface area contributed by atoms with Gasteiger partial charge in [-0.25, -0.2) is 4.79 Å². The summed E-state index contributed by atoms with van der Waals surface area (Å²) in [4.78, 5) is 27.3. The molecule has 1 aliphatic rings. The molecule has 0 saturated carbocycles. The lowest BCUT2D eigenvalue weighted by Gasteiger charge is -2.22. The summed E-state index contributed by atoms with van der Waals surface area (Å²) in [5.74, 6) is -0.750. The van der Waals surface area contributed by atoms with Crippen LogP contribution < -0.4 is 5.73 Å². The Morgan fingerprint density at radius 2 is 1.81 bits per heavy atom. The van der Waals surface area contributed by atoms with Crippen LogP contribution in [0.25, 0.3) is 5.69 Å². The molecule has 1 fully saturated rings. The molecule has 0 spiro atoms. The lowest BCUT2D eigenvalue weighted by molar-refractivity contribution is 0.0592. The standard InChI is InChI=1S/C20H22N4O3/c1-27-20(26)18-17(22)14(12-21)13-24(18)16-9-5-4-8-15(16)19(25)23-10-6-2-3-7-11-23/h4-5,8-9,13H,2-3,6-7,10-11,22H2,1H3. The van der Waals surface area contributed by atoms with Crippen LogP contribution in [-0.4, -0.2) is 41.5 Å². The van der Waals surface area contributed by atoms with Gasteiger partial charge in [0, 0.05) is 19.3 Å². The van der Waals surface area contributed by atoms with Crippen LogP contribution in [0.1, 0.15) is 52.1 Å². The molecule has 0 radical (unpaired) electrons. The first kappa shape index (κ1) is 18.5. The number of anilines is 1. The third kappa shape index (κ3) is 3.51. The summed E-state index contributed by atoms with van der Waals surface area (Å²) in [6.45, 7) is 1.43. The zero-order valence-electron chi connectivity index (χ0n) is 15.3. The third-order valence-corrected chi connectivity index (χ3v) is 4.83. The zero-order chi connectivity index (χ0) is 19.4. The lowest BCUT2D eigenvalue weighted by Crippen LogP contribution is -2.32. The number of para-hydroxylation sites is 1. The van der Waals surface area contributed by atoms with Gasteiger partial charge in [0.1, 0.15) is 6.07 Å². The van der Waals surface area contributed by atoms with Crippen LogP contribution in [-0.2, 0) is 4.74 Å². The quantitative estimate of drug-likeness (QED) is 0.842. The van der Waals surface area contributed by atoms with Crippen molar-refractivity contribution < 1.29 is 14.3 Å². The number of carbonyl (C=O) groups excluding carboxylic acids is 2. The summed E-state index contributed by atoms with van der Waals surface area (Å²) in [5, 5.41) is 9.30. The van der Waals surface area contributed by atoms with Crippen molar-refractivity contribution in [2.45, 2.75) is 25.7 Å². The SMILES string of the molecule is COC(=O)c1c(N)c(C#N)cn1-c1ccccc1C(=O)N1CCCCCC1. The molecule has 2 N–H and O–H groups in total. The number of hydrogen-bond donors (Lipinski definition) is 1. The van der Waals surface area contributed by atoms with E-state index in [1.54, 1.807) is 24.3 Å². The van der Waals surface area contributed by atoms with Gasteiger partial charge < -0.3 is 19.9 Å². The van der Waals surface area contributed by atoms with Gasteiger partial charge in [0.25, 0.3) is 5.91 Å². The highest BCUT2D eigenvalue weighted by atomic mass is 16.5. The smallest absolute Gasteiger partial charge is 0.357 e. The van der Waals surface area contributed by atoms with E-state index in [1.165, 1.54) is 17.9 Å². The number of rotatable bonds is 3. The third-order valence-electron chi connectivity index (χ3n) is 4.83. The molecular formula is C20H22N4O3. The number of aromatic nitrogens is 1. The predicted octanol–water partition coefficient (Wildman–Crippen LogP) is 2.73. The van der Waals surface area contributed by atoms with Crippen molar-refractivity contribution in [1.29, 1.82) is 5.26 Å². The topological polar surface area (TPSA) is 101 Å². The molecule has 1 aliphatic heterocycles. The van der Waals surface area contributed by atoms with Gasteiger partial charge in [0.05, 0.1) is 29.6 Å². The maximum Gasteiger partial charge on any atom is 0.357 e. The van der Waals surface area contributed by atoms with Crippen molar-refractivity contribution in [1.82, 2.24) is 9.47 Å². The van der Waals surface area contributed by atoms with Crippen LogP contribution in [0.3, 0.4) is 0 Å². The number of nitrogen functional groups attached to an aromatic ring is 1. The Morgan fingerprint density at radius 3 is 2.44 bits per heavy atom. The number of likely N-dealkylation sites (tertiary alicyclic amines) is 1. The van der Waals surface area contributed by atoms with E-state index < -0.39 is 5.97 Å². The highest BCUT2D eigenvalue weighted by molar-refractivity contribution is 6.00. The summed E-state index contributed by atoms with van der Waals surface area (Å²) in [6, 6.07) is 9.00. The average molecular weight is 366 g/mol. The highest BCUT2D eigenvalue weighted by Crippen LogP contribution is 2.27. The van der Waals surface area contributed by atoms with Gasteiger partial charge in [-0.3, -0.25) is 4.79 Å². The van der Waals surface area contributed by atoms with Gasteiger partial charge in [-0.05, 0) is 25.0 Å². The summed E-state index contributed by atoms with van der Waals surface area (Å²) < 4.78 is 6.30. The predicted molar refractivity (Wildman–Crippen MR) is 101 cm³/mol. The van der Waals surface area contributed by atoms with Gasteiger partial charge in [0.15, 0.2) is 5.69 Å². The van der Waals surface area contributed by atoms with E-state index in [-0.39, 0.29) is 22.9 Å². The van der Waals surface area contributed by atoms with Crippen molar-refractivity contribution in [2.24, 2.45) is 0 Å². The fraction of sp³-hybridized carbons (Fsp3) is 0.350. The fourth-order valence-corrected chi connectivity index (χ4v) is 3.41. The monoisotopic (exact) mass is 366 g/mol. The van der Waals surface area contributed by atoms with E-state index in [1.807, 2.05) is 11.0 Å². The summed E-state index contributed by atoms with van der Waals surface area (Å²) in [7, 11) is 1.25. The number of carbonyl (C=O) groups is 2. The van der Waals surface area contributed by atoms with E-state index >= 15 is 0 Å². The molecule has 1 amide bonds. The normalized spacial score (nSPS) is 14.3. The maximum absolute atomic E-state index is 13.2. The van der Waals surface area contributed by atoms with Crippen LogP contribution in [0.2, 0.25) is 0 Å². The molecule has 0 bridgehead atoms. The zero-order valence-corrected chi connectivity index (χ0v) is 15.3. The largest absolute Gasteiger partial charge is 0.464 e. The van der Waals surface area contributed by atoms with Crippen LogP contribution in [0, 0.1) is 11.3 Å². The molecule has 7 heteroatoms. The Morgan fingerprint density at radius 1 is 1.15 bits per heavy atom. The molecule has 1 aromatic heterocycles. The number of nitrogens with zero attached hydrogens (tertiary/aromatic N) is 3. The average Bonchev–Trinajstić information content (AvgIpc) is 2.87. The number of hydrogen-bond acceptors (Lipinski definition) is 5. The Bertz CT molecular complexity index is 902. The van der Waals surface area contributed by atoms with Gasteiger partial charge in [-0.1, -0.05) is 25.0 Å². The number of benzene rings is 1. The minimum Gasteiger partial charge on any atom is -0.464 e. The fourth-order valence-electron chi connectivity index (χ4n) is 3.41. The van der Waals surface area contributed by atoms with Crippen LogP contribution >= 0.6 is 0 Å². The second-order valence-electron chi connectivity index (χ2n) is 6.50. The van der Waals surface area contributed by atoms with Crippen molar-refractivity contribution >= 4 is 17.6 Å². The van der Waals surface area contributed by atoms with Crippen LogP contribution in [0.5, 0.6) is 0 Å². The van der Waals surface area contributed by atoms with E-state index in [9.17, 15) is 14.9 Å². The molecule has 140 valence electrons. The number of esters is 1. The van der Waals surface area contributed by atoms with Gasteiger partial charge >= 0.3 is 5.97 Å². The van der Waals surface area contributed by atoms with Crippen molar-refractivity contribution in [3.63, 3.8) is 0 Å². The first-order chi connectivity index (χ1) is 13.1. The van der Waals surface area contributed by atoms with Gasteiger partial charge in [-0.15, -0.1) is 0 Å². The molecule has 0 atom stereocenters. The second kappa shape index (κ2) is 7.96. The first-order valence-corrected chi connectivity index (χ1v) is 8.96. The molecule has 1 saturated heterocycles. The molecular weight excluding hydrogens is 344 g/mol. The van der Waals surface area contributed by atoms with E-state index in [0.717, 1.165) is 25.7 Å². The van der Waals surface area contributed by atoms with Crippen LogP contribution in [0.15, 0.2) is 30.5 Å².